The van der Waals surface area contributed by atoms with Gasteiger partial charge < -0.3 is 95.9 Å². The van der Waals surface area contributed by atoms with E-state index in [1.165, 1.54) is 4.90 Å². The Labute approximate surface area is 776 Å². The largest absolute Gasteiger partial charge is 0.497 e. The SMILES string of the molecule is C=CCO[C@@H]1C[C@H](NC[C@@H](O)[C@@H](N)Cc2ccccc2)c2cc(OC)ccc21.C=CCO[C@@H]1C[C@H](NC[C@@H](O)[C@H](Cc2ccccc2)NC(=O)[C@H](CC=C)N2CC[C@H](CC(C)C)C2=O)c2cc(OC)ccc21.C=CC[C@@H](C(=O)O)N1CC[C@H](CC(C)C)C1=O.COc1ccc2c(c1)[C@@H]1C[C@H]2OCC=CC[C@H](N2CC[C@H](CC(C)C)C2=O)C(=O)N[C@@H](Cc2ccccc2)[C@H](O)CN1. The number of likely N-dealkylation sites (tertiary alicyclic amines) is 3. The van der Waals surface area contributed by atoms with Gasteiger partial charge in [-0.25, -0.2) is 4.79 Å². The number of ether oxygens (including phenoxy) is 6. The first kappa shape index (κ1) is 103. The van der Waals surface area contributed by atoms with Gasteiger partial charge in [0, 0.05) is 81.2 Å². The molecule has 3 aliphatic carbocycles. The highest BCUT2D eigenvalue weighted by atomic mass is 16.5. The third-order valence-electron chi connectivity index (χ3n) is 26.0. The van der Waals surface area contributed by atoms with Crippen LogP contribution in [0.1, 0.15) is 205 Å². The highest BCUT2D eigenvalue weighted by Gasteiger charge is 2.44. The van der Waals surface area contributed by atoms with Crippen LogP contribution in [0.4, 0.5) is 0 Å². The number of amides is 5. The van der Waals surface area contributed by atoms with Crippen molar-refractivity contribution < 1.29 is 77.6 Å². The number of carbonyl (C=O) groups excluding carboxylic acids is 5. The van der Waals surface area contributed by atoms with Gasteiger partial charge >= 0.3 is 5.97 Å². The van der Waals surface area contributed by atoms with Crippen LogP contribution in [0.2, 0.25) is 0 Å². The number of carbonyl (C=O) groups is 6. The predicted octanol–water partition coefficient (Wildman–Crippen LogP) is 13.8. The molecule has 5 amide bonds. The maximum atomic E-state index is 13.9. The van der Waals surface area contributed by atoms with Gasteiger partial charge in [-0.15, -0.1) is 26.3 Å². The number of β-amino-alcohol motifs (C(OH)–C–C–N with tert-alkyl or cyclic N) is 1. The van der Waals surface area contributed by atoms with Gasteiger partial charge in [-0.2, -0.15) is 0 Å². The molecule has 0 unspecified atom stereocenters. The minimum absolute atomic E-state index is 0.00154. The van der Waals surface area contributed by atoms with E-state index < -0.39 is 54.5 Å². The number of hydrogen-bond acceptors (Lipinski definition) is 19. The number of carboxylic acids is 1. The molecule has 710 valence electrons. The van der Waals surface area contributed by atoms with Gasteiger partial charge in [0.05, 0.1) is 89.9 Å². The lowest BCUT2D eigenvalue weighted by atomic mass is 9.96. The van der Waals surface area contributed by atoms with Gasteiger partial charge in [0.2, 0.25) is 29.5 Å². The Morgan fingerprint density at radius 3 is 1.52 bits per heavy atom. The summed E-state index contributed by atoms with van der Waals surface area (Å²) in [5.41, 5.74) is 16.1. The monoisotopic (exact) mass is 1800 g/mol. The number of fused-ring (bicyclic) bond motifs is 7. The molecular weight excluding hydrogens is 1660 g/mol. The second kappa shape index (κ2) is 51.8. The number of nitrogens with one attached hydrogen (secondary N) is 5. The van der Waals surface area contributed by atoms with Crippen LogP contribution >= 0.6 is 0 Å². The normalized spacial score (nSPS) is 23.6. The predicted molar refractivity (Wildman–Crippen MR) is 512 cm³/mol. The molecule has 2 bridgehead atoms. The standard InChI is InChI=1S/C36H49N3O5.C34H45N3O5.C23H30N2O3.C13H21NO3/c1-6-11-32(39-17-16-26(36(39)42)19-24(3)4)35(41)38-31(20-25-12-9-8-10-13-25)33(40)23-37-30-22-34(44-18-7-2)28-15-14-27(43-5)21-29(28)30;1-22(2)17-24-14-15-37(34(24)40)30-11-7-8-16-42-32-20-28(27-19-25(41-3)12-13-26(27)32)35-21-31(38)29(36-33(30)39)18-23-9-5-4-6-10-23;1-3-11-28-23-14-21(19-13-17(27-2)9-10-18(19)23)25-15-22(26)20(24)12-16-7-5-4-6-8-16;1-4-5-11(13(16)17)14-7-6-10(12(14)15)8-9(2)3/h6-10,12-15,21,24,26,30-34,37,40H,1-2,11,16-20,22-23H2,3-5H3,(H,38,41);4-10,12-13,19,22,24,28-32,35,38H,11,14-18,20-21H2,1-3H3,(H,36,39);3-10,13,20-23,25-26H,1,11-12,14-15,24H2,2H3;4,9-11H,1,5-8H2,2-3H3,(H,16,17)/t26-,30+,31+,32+,33-,34-;24-,28+,29+,30+,31-,32-;20-,21-,22+,23+;10-,11+/m1101/s1. The number of hydrogen-bond donors (Lipinski definition) is 10. The van der Waals surface area contributed by atoms with Crippen molar-refractivity contribution in [2.75, 3.05) is 80.4 Å². The quantitative estimate of drug-likeness (QED) is 0.0160. The number of carboxylic acid groups (broad SMARTS) is 1. The second-order valence-corrected chi connectivity index (χ2v) is 36.9. The maximum Gasteiger partial charge on any atom is 0.326 e. The van der Waals surface area contributed by atoms with Crippen molar-refractivity contribution >= 4 is 35.5 Å². The number of aliphatic hydroxyl groups excluding tert-OH is 3. The first-order chi connectivity index (χ1) is 63.2. The number of aliphatic carboxylic acids is 1. The number of aliphatic hydroxyl groups is 3. The van der Waals surface area contributed by atoms with Gasteiger partial charge in [0.15, 0.2) is 0 Å². The average Bonchev–Trinajstić information content (AvgIpc) is 1.64. The molecule has 7 aliphatic rings. The molecule has 6 aromatic rings. The Hall–Kier alpha value is -10.2. The van der Waals surface area contributed by atoms with Crippen LogP contribution in [0.3, 0.4) is 0 Å². The summed E-state index contributed by atoms with van der Waals surface area (Å²) in [7, 11) is 4.97. The fourth-order valence-corrected chi connectivity index (χ4v) is 19.2. The zero-order chi connectivity index (χ0) is 94.2. The Bertz CT molecular complexity index is 4690. The zero-order valence-corrected chi connectivity index (χ0v) is 78.4. The van der Waals surface area contributed by atoms with Crippen molar-refractivity contribution in [2.45, 2.75) is 229 Å². The molecule has 0 saturated carbocycles. The minimum atomic E-state index is -0.941. The third-order valence-corrected chi connectivity index (χ3v) is 26.0. The summed E-state index contributed by atoms with van der Waals surface area (Å²) >= 11 is 0. The van der Waals surface area contributed by atoms with E-state index in [4.69, 9.17) is 39.3 Å². The lowest BCUT2D eigenvalue weighted by molar-refractivity contribution is -0.149. The molecule has 3 saturated heterocycles. The van der Waals surface area contributed by atoms with E-state index in [0.717, 1.165) is 119 Å². The van der Waals surface area contributed by atoms with Gasteiger partial charge in [-0.3, -0.25) is 24.0 Å². The van der Waals surface area contributed by atoms with Crippen LogP contribution in [0.5, 0.6) is 17.2 Å². The highest BCUT2D eigenvalue weighted by Crippen LogP contribution is 2.46. The Balaban J connectivity index is 0.000000191. The van der Waals surface area contributed by atoms with Crippen LogP contribution in [-0.4, -0.2) is 206 Å². The topological polar surface area (TPSA) is 335 Å². The molecule has 4 heterocycles. The molecule has 6 aromatic carbocycles. The fourth-order valence-electron chi connectivity index (χ4n) is 19.2. The lowest BCUT2D eigenvalue weighted by Gasteiger charge is -2.31. The van der Waals surface area contributed by atoms with Crippen LogP contribution < -0.4 is 46.5 Å². The van der Waals surface area contributed by atoms with E-state index in [-0.39, 0.29) is 103 Å². The van der Waals surface area contributed by atoms with Crippen molar-refractivity contribution in [1.82, 2.24) is 41.3 Å². The van der Waals surface area contributed by atoms with Gasteiger partial charge in [0.1, 0.15) is 35.4 Å². The van der Waals surface area contributed by atoms with Crippen molar-refractivity contribution in [3.8, 4) is 17.2 Å². The summed E-state index contributed by atoms with van der Waals surface area (Å²) in [5, 5.41) is 59.5. The van der Waals surface area contributed by atoms with Crippen molar-refractivity contribution in [2.24, 2.45) is 41.2 Å². The van der Waals surface area contributed by atoms with Crippen LogP contribution in [0.15, 0.2) is 208 Å². The van der Waals surface area contributed by atoms with Gasteiger partial charge in [0.25, 0.3) is 0 Å². The van der Waals surface area contributed by atoms with E-state index in [9.17, 15) is 44.1 Å². The molecule has 0 radical (unpaired) electrons. The molecule has 18 atom stereocenters. The Kier molecular flexibility index (Phi) is 40.7. The zero-order valence-electron chi connectivity index (χ0n) is 78.4. The van der Waals surface area contributed by atoms with Gasteiger partial charge in [-0.05, 0) is 201 Å². The van der Waals surface area contributed by atoms with Crippen molar-refractivity contribution in [3.63, 3.8) is 0 Å². The lowest BCUT2D eigenvalue weighted by Crippen LogP contribution is -2.55. The summed E-state index contributed by atoms with van der Waals surface area (Å²) < 4.78 is 34.6. The summed E-state index contributed by atoms with van der Waals surface area (Å²) in [6, 6.07) is 44.3. The van der Waals surface area contributed by atoms with Gasteiger partial charge in [-0.1, -0.05) is 187 Å². The molecule has 4 aliphatic heterocycles. The summed E-state index contributed by atoms with van der Waals surface area (Å²) in [5.74, 6) is 2.18. The first-order valence-corrected chi connectivity index (χ1v) is 47.0. The van der Waals surface area contributed by atoms with E-state index in [1.807, 2.05) is 146 Å². The number of rotatable bonds is 39. The van der Waals surface area contributed by atoms with E-state index >= 15 is 0 Å². The number of methoxy groups -OCH3 is 3. The third kappa shape index (κ3) is 29.2. The average molecular weight is 1800 g/mol. The Morgan fingerprint density at radius 2 is 1.02 bits per heavy atom. The van der Waals surface area contributed by atoms with Crippen LogP contribution in [0, 0.1) is 35.5 Å². The van der Waals surface area contributed by atoms with Crippen LogP contribution in [-0.2, 0) is 62.2 Å². The van der Waals surface area contributed by atoms with E-state index in [2.05, 4.69) is 107 Å². The van der Waals surface area contributed by atoms with Crippen molar-refractivity contribution in [3.05, 3.63) is 258 Å². The minimum Gasteiger partial charge on any atom is -0.497 e. The molecule has 25 heteroatoms. The summed E-state index contributed by atoms with van der Waals surface area (Å²) in [6.45, 7) is 31.5. The number of benzene rings is 6. The second-order valence-electron chi connectivity index (χ2n) is 36.9. The number of nitrogens with zero attached hydrogens (tertiary/aromatic N) is 3. The molecule has 11 N–H and O–H groups in total. The molecule has 25 nitrogen and oxygen atoms in total. The smallest absolute Gasteiger partial charge is 0.326 e. The molecular formula is C106H145N9O16. The fraction of sp³-hybridized carbons (Fsp3) is 0.509. The van der Waals surface area contributed by atoms with Crippen molar-refractivity contribution in [1.29, 1.82) is 0 Å². The summed E-state index contributed by atoms with van der Waals surface area (Å²) in [6.07, 6.45) is 17.7. The molecule has 0 spiro atoms. The van der Waals surface area contributed by atoms with E-state index in [1.54, 1.807) is 55.4 Å². The number of nitrogens with two attached hydrogens (primary N) is 1. The van der Waals surface area contributed by atoms with Crippen LogP contribution in [0.25, 0.3) is 0 Å². The molecule has 131 heavy (non-hydrogen) atoms. The highest BCUT2D eigenvalue weighted by molar-refractivity contribution is 5.91. The Morgan fingerprint density at radius 1 is 0.557 bits per heavy atom. The first-order valence-electron chi connectivity index (χ1n) is 47.0. The summed E-state index contributed by atoms with van der Waals surface area (Å²) in [4.78, 5) is 82.6. The molecule has 0 aromatic heterocycles. The molecule has 3 fully saturated rings. The van der Waals surface area contributed by atoms with E-state index in [0.29, 0.717) is 109 Å². The molecule has 13 rings (SSSR count). The maximum absolute atomic E-state index is 13.9.